The van der Waals surface area contributed by atoms with Crippen molar-refractivity contribution in [3.63, 3.8) is 0 Å². The molecule has 1 aromatic carbocycles. The lowest BCUT2D eigenvalue weighted by Gasteiger charge is -2.01. The van der Waals surface area contributed by atoms with Gasteiger partial charge in [-0.2, -0.15) is 0 Å². The van der Waals surface area contributed by atoms with Crippen LogP contribution in [0.2, 0.25) is 0 Å². The molecule has 1 heterocycles. The summed E-state index contributed by atoms with van der Waals surface area (Å²) < 4.78 is 0. The number of benzene rings is 1. The van der Waals surface area contributed by atoms with E-state index in [1.165, 1.54) is 6.20 Å². The van der Waals surface area contributed by atoms with Crippen molar-refractivity contribution in [2.24, 2.45) is 0 Å². The van der Waals surface area contributed by atoms with E-state index in [4.69, 9.17) is 0 Å². The second-order valence-electron chi connectivity index (χ2n) is 3.41. The summed E-state index contributed by atoms with van der Waals surface area (Å²) in [6.07, 6.45) is 1.20. The Bertz CT molecular complexity index is 678. The molecule has 20 heavy (non-hydrogen) atoms. The molecular formula is C9H3N4O6S. The SMILES string of the molecule is O=[N+]([O-])c1cc([N+](=O)[O-])c(-c2nc[c]s2)c([N+](=O)[O-])c1. The van der Waals surface area contributed by atoms with Gasteiger partial charge in [0, 0.05) is 6.20 Å². The molecule has 0 amide bonds. The Morgan fingerprint density at radius 3 is 1.90 bits per heavy atom. The van der Waals surface area contributed by atoms with Crippen LogP contribution in [0.25, 0.3) is 10.6 Å². The number of nitro benzene ring substituents is 3. The smallest absolute Gasteiger partial charge is 0.258 e. The molecule has 0 saturated carbocycles. The first-order chi connectivity index (χ1) is 9.41. The molecule has 2 aromatic rings. The zero-order chi connectivity index (χ0) is 14.9. The fourth-order valence-electron chi connectivity index (χ4n) is 1.52. The molecule has 0 saturated heterocycles. The average molecular weight is 295 g/mol. The second-order valence-corrected chi connectivity index (χ2v) is 4.24. The lowest BCUT2D eigenvalue weighted by molar-refractivity contribution is -0.402. The highest BCUT2D eigenvalue weighted by molar-refractivity contribution is 7.12. The van der Waals surface area contributed by atoms with Gasteiger partial charge in [-0.05, 0) is 0 Å². The fraction of sp³-hybridized carbons (Fsp3) is 0. The molecule has 0 unspecified atom stereocenters. The molecule has 1 aromatic heterocycles. The molecular weight excluding hydrogens is 292 g/mol. The van der Waals surface area contributed by atoms with Gasteiger partial charge in [0.25, 0.3) is 17.1 Å². The minimum atomic E-state index is -0.933. The molecule has 0 aliphatic heterocycles. The second kappa shape index (κ2) is 4.97. The van der Waals surface area contributed by atoms with Gasteiger partial charge >= 0.3 is 0 Å². The van der Waals surface area contributed by atoms with E-state index < -0.39 is 31.8 Å². The number of nitrogens with zero attached hydrogens (tertiary/aromatic N) is 4. The first-order valence-corrected chi connectivity index (χ1v) is 5.67. The molecule has 2 rings (SSSR count). The standard InChI is InChI=1S/C9H3N4O6S/c14-11(15)5-3-6(12(16)17)8(7(4-5)13(18)19)9-10-1-2-20-9/h1,3-4H. The van der Waals surface area contributed by atoms with E-state index in [-0.39, 0.29) is 10.6 Å². The van der Waals surface area contributed by atoms with Crippen molar-refractivity contribution < 1.29 is 14.8 Å². The highest BCUT2D eigenvalue weighted by Gasteiger charge is 2.32. The van der Waals surface area contributed by atoms with Gasteiger partial charge in [-0.25, -0.2) is 4.98 Å². The van der Waals surface area contributed by atoms with Gasteiger partial charge in [-0.1, -0.05) is 0 Å². The summed E-state index contributed by atoms with van der Waals surface area (Å²) >= 11 is 0.839. The lowest BCUT2D eigenvalue weighted by atomic mass is 10.1. The van der Waals surface area contributed by atoms with Crippen molar-refractivity contribution in [1.29, 1.82) is 0 Å². The summed E-state index contributed by atoms with van der Waals surface area (Å²) in [6, 6.07) is 1.34. The summed E-state index contributed by atoms with van der Waals surface area (Å²) in [5.74, 6) is 0. The average Bonchev–Trinajstić information content (AvgIpc) is 2.90. The molecule has 101 valence electrons. The number of rotatable bonds is 4. The maximum Gasteiger partial charge on any atom is 0.293 e. The topological polar surface area (TPSA) is 142 Å². The van der Waals surface area contributed by atoms with Crippen LogP contribution in [0.1, 0.15) is 0 Å². The molecule has 0 atom stereocenters. The largest absolute Gasteiger partial charge is 0.293 e. The predicted octanol–water partition coefficient (Wildman–Crippen LogP) is 2.33. The van der Waals surface area contributed by atoms with Crippen LogP contribution in [0, 0.1) is 35.7 Å². The van der Waals surface area contributed by atoms with Crippen molar-refractivity contribution in [3.05, 3.63) is 54.1 Å². The van der Waals surface area contributed by atoms with Gasteiger partial charge < -0.3 is 0 Å². The zero-order valence-corrected chi connectivity index (χ0v) is 10.2. The van der Waals surface area contributed by atoms with E-state index in [2.05, 4.69) is 10.4 Å². The zero-order valence-electron chi connectivity index (χ0n) is 9.38. The number of thiazole rings is 1. The Morgan fingerprint density at radius 1 is 1.00 bits per heavy atom. The van der Waals surface area contributed by atoms with Crippen molar-refractivity contribution in [2.45, 2.75) is 0 Å². The van der Waals surface area contributed by atoms with Crippen LogP contribution in [0.5, 0.6) is 0 Å². The predicted molar refractivity (Wildman–Crippen MR) is 66.3 cm³/mol. The highest BCUT2D eigenvalue weighted by Crippen LogP contribution is 2.41. The third kappa shape index (κ3) is 2.29. The van der Waals surface area contributed by atoms with E-state index in [0.29, 0.717) is 12.1 Å². The Kier molecular flexibility index (Phi) is 3.35. The van der Waals surface area contributed by atoms with E-state index in [1.807, 2.05) is 0 Å². The van der Waals surface area contributed by atoms with Crippen LogP contribution in [0.4, 0.5) is 17.1 Å². The minimum Gasteiger partial charge on any atom is -0.258 e. The van der Waals surface area contributed by atoms with E-state index >= 15 is 0 Å². The first-order valence-electron chi connectivity index (χ1n) is 4.85. The number of non-ortho nitro benzene ring substituents is 1. The van der Waals surface area contributed by atoms with Crippen molar-refractivity contribution in [3.8, 4) is 10.6 Å². The third-order valence-corrected chi connectivity index (χ3v) is 3.02. The van der Waals surface area contributed by atoms with Gasteiger partial charge in [0.2, 0.25) is 0 Å². The van der Waals surface area contributed by atoms with Gasteiger partial charge in [0.05, 0.1) is 32.3 Å². The molecule has 0 spiro atoms. The summed E-state index contributed by atoms with van der Waals surface area (Å²) in [4.78, 5) is 33.6. The summed E-state index contributed by atoms with van der Waals surface area (Å²) in [5, 5.41) is 35.2. The lowest BCUT2D eigenvalue weighted by Crippen LogP contribution is -2.00. The molecule has 11 heteroatoms. The number of aromatic nitrogens is 1. The number of hydrogen-bond acceptors (Lipinski definition) is 8. The van der Waals surface area contributed by atoms with Crippen LogP contribution in [0.15, 0.2) is 18.3 Å². The Morgan fingerprint density at radius 2 is 1.55 bits per heavy atom. The maximum atomic E-state index is 11.0. The Hall–Kier alpha value is -2.95. The first kappa shape index (κ1) is 13.5. The quantitative estimate of drug-likeness (QED) is 0.621. The fourth-order valence-corrected chi connectivity index (χ4v) is 2.15. The monoisotopic (exact) mass is 295 g/mol. The summed E-state index contributed by atoms with van der Waals surface area (Å²) in [7, 11) is 0. The highest BCUT2D eigenvalue weighted by atomic mass is 32.1. The van der Waals surface area contributed by atoms with E-state index in [0.717, 1.165) is 11.3 Å². The molecule has 0 aliphatic rings. The molecule has 1 radical (unpaired) electrons. The van der Waals surface area contributed by atoms with Gasteiger partial charge in [-0.15, -0.1) is 11.3 Å². The maximum absolute atomic E-state index is 11.0. The summed E-state index contributed by atoms with van der Waals surface area (Å²) in [6.45, 7) is 0. The normalized spacial score (nSPS) is 10.2. The van der Waals surface area contributed by atoms with Crippen LogP contribution in [-0.4, -0.2) is 19.8 Å². The minimum absolute atomic E-state index is 0.00158. The van der Waals surface area contributed by atoms with E-state index in [9.17, 15) is 30.3 Å². The molecule has 0 bridgehead atoms. The number of nitro groups is 3. The van der Waals surface area contributed by atoms with Crippen molar-refractivity contribution >= 4 is 28.4 Å². The van der Waals surface area contributed by atoms with Crippen molar-refractivity contribution in [1.82, 2.24) is 4.98 Å². The van der Waals surface area contributed by atoms with Gasteiger partial charge in [-0.3, -0.25) is 30.3 Å². The third-order valence-electron chi connectivity index (χ3n) is 2.29. The van der Waals surface area contributed by atoms with Gasteiger partial charge in [0.15, 0.2) is 5.56 Å². The molecule has 0 aliphatic carbocycles. The summed E-state index contributed by atoms with van der Waals surface area (Å²) in [5.41, 5.74) is -2.58. The van der Waals surface area contributed by atoms with Crippen LogP contribution in [-0.2, 0) is 0 Å². The van der Waals surface area contributed by atoms with Gasteiger partial charge in [0.1, 0.15) is 5.01 Å². The van der Waals surface area contributed by atoms with Crippen LogP contribution in [0.3, 0.4) is 0 Å². The molecule has 10 nitrogen and oxygen atoms in total. The Labute approximate surface area is 113 Å². The number of hydrogen-bond donors (Lipinski definition) is 0. The molecule has 0 fully saturated rings. The Balaban J connectivity index is 2.85. The van der Waals surface area contributed by atoms with Crippen LogP contribution < -0.4 is 0 Å². The van der Waals surface area contributed by atoms with E-state index in [1.54, 1.807) is 0 Å². The molecule has 0 N–H and O–H groups in total. The van der Waals surface area contributed by atoms with Crippen molar-refractivity contribution in [2.75, 3.05) is 0 Å². The van der Waals surface area contributed by atoms with Crippen LogP contribution >= 0.6 is 11.3 Å².